The molecule has 1 heterocycles. The van der Waals surface area contributed by atoms with Crippen LogP contribution in [0.25, 0.3) is 5.57 Å². The predicted molar refractivity (Wildman–Crippen MR) is 95.5 cm³/mol. The lowest BCUT2D eigenvalue weighted by Crippen LogP contribution is -2.06. The number of nitrogens with zero attached hydrogens (tertiary/aromatic N) is 1. The third-order valence-corrected chi connectivity index (χ3v) is 4.85. The van der Waals surface area contributed by atoms with Gasteiger partial charge < -0.3 is 4.74 Å². The Balaban J connectivity index is 1.75. The van der Waals surface area contributed by atoms with E-state index < -0.39 is 11.6 Å². The van der Waals surface area contributed by atoms with Crippen LogP contribution in [0.15, 0.2) is 36.4 Å². The van der Waals surface area contributed by atoms with E-state index in [0.717, 1.165) is 30.5 Å². The SMILES string of the molecule is CCC1CC=C(c2ccc(F)c(OCc3ccc(Cl)cc3F)n2)CC1. The van der Waals surface area contributed by atoms with Crippen LogP contribution in [0.5, 0.6) is 5.88 Å². The van der Waals surface area contributed by atoms with E-state index in [9.17, 15) is 8.78 Å². The van der Waals surface area contributed by atoms with Crippen LogP contribution in [0.1, 0.15) is 43.9 Å². The van der Waals surface area contributed by atoms with Gasteiger partial charge in [0.15, 0.2) is 5.82 Å². The number of benzene rings is 1. The molecule has 132 valence electrons. The molecule has 25 heavy (non-hydrogen) atoms. The molecule has 0 saturated heterocycles. The van der Waals surface area contributed by atoms with Crippen LogP contribution in [0.4, 0.5) is 8.78 Å². The van der Waals surface area contributed by atoms with Gasteiger partial charge in [-0.15, -0.1) is 0 Å². The zero-order valence-corrected chi connectivity index (χ0v) is 14.8. The van der Waals surface area contributed by atoms with E-state index in [2.05, 4.69) is 18.0 Å². The van der Waals surface area contributed by atoms with Crippen LogP contribution in [0.2, 0.25) is 5.02 Å². The first-order valence-corrected chi connectivity index (χ1v) is 8.87. The predicted octanol–water partition coefficient (Wildman–Crippen LogP) is 6.19. The number of aromatic nitrogens is 1. The molecule has 1 aromatic carbocycles. The molecule has 1 unspecified atom stereocenters. The highest BCUT2D eigenvalue weighted by Gasteiger charge is 2.16. The van der Waals surface area contributed by atoms with Crippen molar-refractivity contribution in [2.75, 3.05) is 0 Å². The van der Waals surface area contributed by atoms with E-state index in [1.54, 1.807) is 12.1 Å². The summed E-state index contributed by atoms with van der Waals surface area (Å²) in [6.45, 7) is 2.09. The fourth-order valence-electron chi connectivity index (χ4n) is 2.98. The maximum Gasteiger partial charge on any atom is 0.251 e. The number of halogens is 3. The minimum Gasteiger partial charge on any atom is -0.471 e. The lowest BCUT2D eigenvalue weighted by Gasteiger charge is -2.20. The van der Waals surface area contributed by atoms with Crippen LogP contribution < -0.4 is 4.74 Å². The average Bonchev–Trinajstić information content (AvgIpc) is 2.62. The molecular formula is C20H20ClF2NO. The van der Waals surface area contributed by atoms with Crippen molar-refractivity contribution in [3.8, 4) is 5.88 Å². The molecule has 2 nitrogen and oxygen atoms in total. The summed E-state index contributed by atoms with van der Waals surface area (Å²) in [5.74, 6) is -0.427. The van der Waals surface area contributed by atoms with Gasteiger partial charge in [-0.05, 0) is 55.0 Å². The molecule has 0 saturated carbocycles. The minimum absolute atomic E-state index is 0.104. The third-order valence-electron chi connectivity index (χ3n) is 4.62. The van der Waals surface area contributed by atoms with Crippen molar-refractivity contribution >= 4 is 17.2 Å². The first kappa shape index (κ1) is 17.9. The largest absolute Gasteiger partial charge is 0.471 e. The van der Waals surface area contributed by atoms with E-state index in [-0.39, 0.29) is 12.5 Å². The van der Waals surface area contributed by atoms with Crippen molar-refractivity contribution in [1.29, 1.82) is 0 Å². The Hall–Kier alpha value is -1.94. The van der Waals surface area contributed by atoms with Crippen molar-refractivity contribution in [2.45, 2.75) is 39.2 Å². The smallest absolute Gasteiger partial charge is 0.251 e. The van der Waals surface area contributed by atoms with Crippen molar-refractivity contribution in [1.82, 2.24) is 4.98 Å². The molecule has 0 fully saturated rings. The van der Waals surface area contributed by atoms with Gasteiger partial charge in [-0.2, -0.15) is 0 Å². The van der Waals surface area contributed by atoms with Crippen LogP contribution in [0, 0.1) is 17.6 Å². The van der Waals surface area contributed by atoms with Crippen LogP contribution >= 0.6 is 11.6 Å². The molecule has 5 heteroatoms. The Labute approximate surface area is 151 Å². The summed E-state index contributed by atoms with van der Waals surface area (Å²) in [4.78, 5) is 4.30. The highest BCUT2D eigenvalue weighted by atomic mass is 35.5. The summed E-state index contributed by atoms with van der Waals surface area (Å²) >= 11 is 5.73. The fraction of sp³-hybridized carbons (Fsp3) is 0.350. The Morgan fingerprint density at radius 3 is 2.72 bits per heavy atom. The van der Waals surface area contributed by atoms with Gasteiger partial charge in [0.25, 0.3) is 5.88 Å². The van der Waals surface area contributed by atoms with E-state index in [1.165, 1.54) is 24.6 Å². The molecular weight excluding hydrogens is 344 g/mol. The molecule has 2 aromatic rings. The maximum atomic E-state index is 14.0. The third kappa shape index (κ3) is 4.37. The van der Waals surface area contributed by atoms with Gasteiger partial charge >= 0.3 is 0 Å². The number of ether oxygens (including phenoxy) is 1. The number of hydrogen-bond acceptors (Lipinski definition) is 2. The second-order valence-corrected chi connectivity index (χ2v) is 6.72. The second-order valence-electron chi connectivity index (χ2n) is 6.29. The zero-order chi connectivity index (χ0) is 17.8. The van der Waals surface area contributed by atoms with Gasteiger partial charge in [-0.3, -0.25) is 0 Å². The summed E-state index contributed by atoms with van der Waals surface area (Å²) in [6.07, 6.45) is 6.43. The van der Waals surface area contributed by atoms with Crippen molar-refractivity contribution in [3.63, 3.8) is 0 Å². The quantitative estimate of drug-likeness (QED) is 0.632. The molecule has 0 bridgehead atoms. The Kier molecular flexibility index (Phi) is 5.69. The van der Waals surface area contributed by atoms with E-state index in [4.69, 9.17) is 16.3 Å². The van der Waals surface area contributed by atoms with Crippen molar-refractivity contribution < 1.29 is 13.5 Å². The molecule has 1 aliphatic rings. The van der Waals surface area contributed by atoms with Crippen molar-refractivity contribution in [3.05, 3.63) is 64.3 Å². The summed E-state index contributed by atoms with van der Waals surface area (Å²) in [6, 6.07) is 7.32. The Bertz CT molecular complexity index is 791. The van der Waals surface area contributed by atoms with E-state index in [0.29, 0.717) is 16.5 Å². The van der Waals surface area contributed by atoms with Crippen LogP contribution in [-0.4, -0.2) is 4.98 Å². The van der Waals surface area contributed by atoms with Gasteiger partial charge in [0.1, 0.15) is 12.4 Å². The first-order valence-electron chi connectivity index (χ1n) is 8.49. The average molecular weight is 364 g/mol. The number of pyridine rings is 1. The highest BCUT2D eigenvalue weighted by Crippen LogP contribution is 2.32. The van der Waals surface area contributed by atoms with Crippen molar-refractivity contribution in [2.24, 2.45) is 5.92 Å². The molecule has 0 amide bonds. The van der Waals surface area contributed by atoms with Gasteiger partial charge in [-0.1, -0.05) is 37.1 Å². The second kappa shape index (κ2) is 7.96. The molecule has 3 rings (SSSR count). The summed E-state index contributed by atoms with van der Waals surface area (Å²) in [5.41, 5.74) is 2.15. The van der Waals surface area contributed by atoms with E-state index >= 15 is 0 Å². The number of hydrogen-bond donors (Lipinski definition) is 0. The fourth-order valence-corrected chi connectivity index (χ4v) is 3.14. The normalized spacial score (nSPS) is 17.3. The number of rotatable bonds is 5. The highest BCUT2D eigenvalue weighted by molar-refractivity contribution is 6.30. The lowest BCUT2D eigenvalue weighted by atomic mass is 9.87. The lowest BCUT2D eigenvalue weighted by molar-refractivity contribution is 0.272. The van der Waals surface area contributed by atoms with E-state index in [1.807, 2.05) is 0 Å². The Morgan fingerprint density at radius 2 is 2.04 bits per heavy atom. The zero-order valence-electron chi connectivity index (χ0n) is 14.1. The molecule has 0 spiro atoms. The molecule has 0 N–H and O–H groups in total. The number of allylic oxidation sites excluding steroid dienone is 2. The molecule has 0 radical (unpaired) electrons. The van der Waals surface area contributed by atoms with Gasteiger partial charge in [0.05, 0.1) is 5.69 Å². The summed E-state index contributed by atoms with van der Waals surface area (Å²) < 4.78 is 33.2. The monoisotopic (exact) mass is 363 g/mol. The molecule has 1 atom stereocenters. The summed E-state index contributed by atoms with van der Waals surface area (Å²) in [7, 11) is 0. The minimum atomic E-state index is -0.555. The van der Waals surface area contributed by atoms with Gasteiger partial charge in [0, 0.05) is 10.6 Å². The molecule has 1 aliphatic carbocycles. The maximum absolute atomic E-state index is 14.0. The standard InChI is InChI=1S/C20H20ClF2NO/c1-2-13-3-5-14(6-4-13)19-10-9-17(22)20(24-19)25-12-15-7-8-16(21)11-18(15)23/h5,7-11,13H,2-4,6,12H2,1H3. The topological polar surface area (TPSA) is 22.1 Å². The van der Waals surface area contributed by atoms with Crippen LogP contribution in [0.3, 0.4) is 0 Å². The Morgan fingerprint density at radius 1 is 1.20 bits per heavy atom. The molecule has 1 aromatic heterocycles. The molecule has 0 aliphatic heterocycles. The first-order chi connectivity index (χ1) is 12.1. The van der Waals surface area contributed by atoms with Gasteiger partial charge in [-0.25, -0.2) is 13.8 Å². The van der Waals surface area contributed by atoms with Gasteiger partial charge in [0.2, 0.25) is 0 Å². The summed E-state index contributed by atoms with van der Waals surface area (Å²) in [5, 5.41) is 0.308. The van der Waals surface area contributed by atoms with Crippen LogP contribution in [-0.2, 0) is 6.61 Å².